The molecule has 3 nitrogen and oxygen atoms in total. The summed E-state index contributed by atoms with van der Waals surface area (Å²) in [6.45, 7) is 2.10. The van der Waals surface area contributed by atoms with Gasteiger partial charge in [0.05, 0.1) is 10.9 Å². The first-order valence-electron chi connectivity index (χ1n) is 6.56. The summed E-state index contributed by atoms with van der Waals surface area (Å²) in [6, 6.07) is 14.6. The predicted molar refractivity (Wildman–Crippen MR) is 81.4 cm³/mol. The number of nitrogens with two attached hydrogens (primary N) is 1. The fourth-order valence-electron chi connectivity index (χ4n) is 2.09. The molecule has 0 saturated carbocycles. The van der Waals surface area contributed by atoms with Gasteiger partial charge in [0.15, 0.2) is 9.84 Å². The normalized spacial score (nSPS) is 13.2. The summed E-state index contributed by atoms with van der Waals surface area (Å²) >= 11 is 0. The third kappa shape index (κ3) is 3.26. The van der Waals surface area contributed by atoms with Crippen LogP contribution in [-0.2, 0) is 16.3 Å². The minimum absolute atomic E-state index is 0.302. The average Bonchev–Trinajstić information content (AvgIpc) is 2.46. The second kappa shape index (κ2) is 5.77. The maximum atomic E-state index is 11.6. The van der Waals surface area contributed by atoms with Crippen LogP contribution in [0.3, 0.4) is 0 Å². The third-order valence-corrected chi connectivity index (χ3v) is 4.50. The van der Waals surface area contributed by atoms with Crippen LogP contribution in [0.5, 0.6) is 0 Å². The lowest BCUT2D eigenvalue weighted by atomic mass is 9.98. The summed E-state index contributed by atoms with van der Waals surface area (Å²) < 4.78 is 23.2. The van der Waals surface area contributed by atoms with E-state index in [1.54, 1.807) is 18.2 Å². The van der Waals surface area contributed by atoms with Crippen molar-refractivity contribution in [2.75, 3.05) is 6.26 Å². The first-order chi connectivity index (χ1) is 9.41. The number of rotatable bonds is 4. The van der Waals surface area contributed by atoms with E-state index in [-0.39, 0.29) is 6.04 Å². The van der Waals surface area contributed by atoms with Gasteiger partial charge in [-0.25, -0.2) is 8.42 Å². The molecule has 0 aliphatic carbocycles. The maximum Gasteiger partial charge on any atom is 0.175 e. The highest BCUT2D eigenvalue weighted by atomic mass is 32.2. The molecule has 1 atom stereocenters. The minimum atomic E-state index is -3.21. The van der Waals surface area contributed by atoms with E-state index >= 15 is 0 Å². The van der Waals surface area contributed by atoms with Gasteiger partial charge in [0, 0.05) is 6.26 Å². The van der Waals surface area contributed by atoms with Gasteiger partial charge in [0.2, 0.25) is 0 Å². The largest absolute Gasteiger partial charge is 0.320 e. The molecule has 4 heteroatoms. The van der Waals surface area contributed by atoms with Crippen molar-refractivity contribution in [2.45, 2.75) is 24.3 Å². The van der Waals surface area contributed by atoms with Crippen molar-refractivity contribution >= 4 is 9.84 Å². The molecule has 0 aromatic heterocycles. The zero-order valence-electron chi connectivity index (χ0n) is 11.7. The van der Waals surface area contributed by atoms with Gasteiger partial charge in [-0.15, -0.1) is 0 Å². The monoisotopic (exact) mass is 289 g/mol. The highest BCUT2D eigenvalue weighted by Crippen LogP contribution is 2.22. The smallest absolute Gasteiger partial charge is 0.175 e. The summed E-state index contributed by atoms with van der Waals surface area (Å²) in [6.07, 6.45) is 2.19. The fraction of sp³-hybridized carbons (Fsp3) is 0.250. The molecule has 0 spiro atoms. The summed E-state index contributed by atoms with van der Waals surface area (Å²) in [4.78, 5) is 0.302. The SMILES string of the molecule is CCc1ccc([C@@H](N)c2cccc(S(C)(=O)=O)c2)cc1. The first kappa shape index (κ1) is 14.8. The van der Waals surface area contributed by atoms with E-state index in [4.69, 9.17) is 5.73 Å². The summed E-state index contributed by atoms with van der Waals surface area (Å²) in [5.41, 5.74) is 9.26. The van der Waals surface area contributed by atoms with Crippen LogP contribution in [0.25, 0.3) is 0 Å². The highest BCUT2D eigenvalue weighted by molar-refractivity contribution is 7.90. The molecular weight excluding hydrogens is 270 g/mol. The molecule has 0 aliphatic heterocycles. The summed E-state index contributed by atoms with van der Waals surface area (Å²) in [5.74, 6) is 0. The number of benzene rings is 2. The number of hydrogen-bond donors (Lipinski definition) is 1. The first-order valence-corrected chi connectivity index (χ1v) is 8.45. The Bertz CT molecular complexity index is 691. The highest BCUT2D eigenvalue weighted by Gasteiger charge is 2.12. The van der Waals surface area contributed by atoms with Gasteiger partial charge in [0.1, 0.15) is 0 Å². The molecule has 0 heterocycles. The lowest BCUT2D eigenvalue weighted by molar-refractivity contribution is 0.601. The Morgan fingerprint density at radius 2 is 1.70 bits per heavy atom. The molecule has 20 heavy (non-hydrogen) atoms. The molecule has 0 radical (unpaired) electrons. The molecule has 0 aliphatic rings. The van der Waals surface area contributed by atoms with Gasteiger partial charge in [-0.1, -0.05) is 43.3 Å². The van der Waals surface area contributed by atoms with Gasteiger partial charge in [-0.3, -0.25) is 0 Å². The van der Waals surface area contributed by atoms with Gasteiger partial charge in [-0.2, -0.15) is 0 Å². The van der Waals surface area contributed by atoms with Crippen LogP contribution in [0.1, 0.15) is 29.7 Å². The van der Waals surface area contributed by atoms with Crippen LogP contribution in [0, 0.1) is 0 Å². The molecule has 0 fully saturated rings. The van der Waals surface area contributed by atoms with Crippen LogP contribution < -0.4 is 5.73 Å². The molecule has 106 valence electrons. The molecule has 0 amide bonds. The van der Waals surface area contributed by atoms with Crippen LogP contribution in [0.2, 0.25) is 0 Å². The molecule has 0 saturated heterocycles. The lowest BCUT2D eigenvalue weighted by Gasteiger charge is -2.14. The van der Waals surface area contributed by atoms with Crippen LogP contribution in [0.15, 0.2) is 53.4 Å². The van der Waals surface area contributed by atoms with Crippen molar-refractivity contribution in [3.05, 3.63) is 65.2 Å². The van der Waals surface area contributed by atoms with E-state index in [1.165, 1.54) is 11.8 Å². The molecule has 2 N–H and O–H groups in total. The van der Waals surface area contributed by atoms with Crippen molar-refractivity contribution in [1.29, 1.82) is 0 Å². The van der Waals surface area contributed by atoms with E-state index in [2.05, 4.69) is 19.1 Å². The van der Waals surface area contributed by atoms with Crippen LogP contribution >= 0.6 is 0 Å². The van der Waals surface area contributed by atoms with Gasteiger partial charge < -0.3 is 5.73 Å². The fourth-order valence-corrected chi connectivity index (χ4v) is 2.77. The molecular formula is C16H19NO2S. The Balaban J connectivity index is 2.35. The van der Waals surface area contributed by atoms with E-state index < -0.39 is 9.84 Å². The molecule has 2 aromatic rings. The molecule has 2 aromatic carbocycles. The number of hydrogen-bond acceptors (Lipinski definition) is 3. The van der Waals surface area contributed by atoms with E-state index in [1.807, 2.05) is 18.2 Å². The topological polar surface area (TPSA) is 60.2 Å². The quantitative estimate of drug-likeness (QED) is 0.941. The summed E-state index contributed by atoms with van der Waals surface area (Å²) in [5, 5.41) is 0. The molecule has 2 rings (SSSR count). The second-order valence-corrected chi connectivity index (χ2v) is 6.93. The van der Waals surface area contributed by atoms with E-state index in [0.717, 1.165) is 17.5 Å². The number of sulfone groups is 1. The summed E-state index contributed by atoms with van der Waals surface area (Å²) in [7, 11) is -3.21. The Morgan fingerprint density at radius 1 is 1.05 bits per heavy atom. The second-order valence-electron chi connectivity index (χ2n) is 4.92. The zero-order chi connectivity index (χ0) is 14.8. The maximum absolute atomic E-state index is 11.6. The van der Waals surface area contributed by atoms with E-state index in [9.17, 15) is 8.42 Å². The van der Waals surface area contributed by atoms with Crippen molar-refractivity contribution in [1.82, 2.24) is 0 Å². The van der Waals surface area contributed by atoms with Gasteiger partial charge in [0.25, 0.3) is 0 Å². The molecule has 0 unspecified atom stereocenters. The Morgan fingerprint density at radius 3 is 2.25 bits per heavy atom. The van der Waals surface area contributed by atoms with Crippen molar-refractivity contribution < 1.29 is 8.42 Å². The Kier molecular flexibility index (Phi) is 4.26. The lowest BCUT2D eigenvalue weighted by Crippen LogP contribution is -2.12. The van der Waals surface area contributed by atoms with Crippen LogP contribution in [-0.4, -0.2) is 14.7 Å². The average molecular weight is 289 g/mol. The Labute approximate surface area is 120 Å². The third-order valence-electron chi connectivity index (χ3n) is 3.39. The standard InChI is InChI=1S/C16H19NO2S/c1-3-12-7-9-13(10-8-12)16(17)14-5-4-6-15(11-14)20(2,18)19/h4-11,16H,3,17H2,1-2H3/t16-/m1/s1. The zero-order valence-corrected chi connectivity index (χ0v) is 12.5. The Hall–Kier alpha value is -1.65. The van der Waals surface area contributed by atoms with Crippen LogP contribution in [0.4, 0.5) is 0 Å². The predicted octanol–water partition coefficient (Wildman–Crippen LogP) is 2.70. The minimum Gasteiger partial charge on any atom is -0.320 e. The van der Waals surface area contributed by atoms with Gasteiger partial charge in [-0.05, 0) is 35.2 Å². The van der Waals surface area contributed by atoms with Crippen molar-refractivity contribution in [2.24, 2.45) is 5.73 Å². The van der Waals surface area contributed by atoms with Crippen molar-refractivity contribution in [3.63, 3.8) is 0 Å². The van der Waals surface area contributed by atoms with Crippen molar-refractivity contribution in [3.8, 4) is 0 Å². The van der Waals surface area contributed by atoms with Gasteiger partial charge >= 0.3 is 0 Å². The van der Waals surface area contributed by atoms with E-state index in [0.29, 0.717) is 4.90 Å². The molecule has 0 bridgehead atoms. The number of aryl methyl sites for hydroxylation is 1.